The Morgan fingerprint density at radius 1 is 1.13 bits per heavy atom. The number of hydroxylamine groups is 1. The van der Waals surface area contributed by atoms with Crippen LogP contribution in [0.25, 0.3) is 22.6 Å². The van der Waals surface area contributed by atoms with Crippen LogP contribution in [0, 0.1) is 0 Å². The van der Waals surface area contributed by atoms with E-state index in [1.165, 1.54) is 12.4 Å². The highest BCUT2D eigenvalue weighted by Gasteiger charge is 2.25. The summed E-state index contributed by atoms with van der Waals surface area (Å²) < 4.78 is 7.68. The van der Waals surface area contributed by atoms with Crippen molar-refractivity contribution >= 4 is 34.5 Å². The van der Waals surface area contributed by atoms with Crippen LogP contribution in [-0.2, 0) is 11.3 Å². The maximum atomic E-state index is 11.6. The van der Waals surface area contributed by atoms with Crippen molar-refractivity contribution in [2.45, 2.75) is 26.4 Å². The van der Waals surface area contributed by atoms with E-state index in [9.17, 15) is 4.79 Å². The number of ether oxygens (including phenoxy) is 1. The molecule has 0 spiro atoms. The van der Waals surface area contributed by atoms with E-state index in [0.29, 0.717) is 50.3 Å². The Labute approximate surface area is 219 Å². The molecule has 4 N–H and O–H groups in total. The summed E-state index contributed by atoms with van der Waals surface area (Å²) in [6.07, 6.45) is 2.72. The zero-order valence-electron chi connectivity index (χ0n) is 21.5. The molecule has 1 aliphatic heterocycles. The number of nitrogen functional groups attached to an aromatic ring is 1. The monoisotopic (exact) mass is 518 g/mol. The van der Waals surface area contributed by atoms with Crippen molar-refractivity contribution in [2.24, 2.45) is 0 Å². The molecule has 3 aromatic heterocycles. The number of amides is 1. The Kier molecular flexibility index (Phi) is 7.03. The van der Waals surface area contributed by atoms with Gasteiger partial charge in [0.05, 0.1) is 25.3 Å². The molecule has 1 amide bonds. The lowest BCUT2D eigenvalue weighted by molar-refractivity contribution is 0.0705. The molecule has 1 saturated heterocycles. The summed E-state index contributed by atoms with van der Waals surface area (Å²) >= 11 is 0. The number of nitrogens with zero attached hydrogens (tertiary/aromatic N) is 8. The average Bonchev–Trinajstić information content (AvgIpc) is 3.31. The lowest BCUT2D eigenvalue weighted by Gasteiger charge is -2.28. The SMILES string of the molecule is CC(C)n1c(CN(C)c2ncc(C(=O)NO)cn2)nc2c(N3CCOCC3)nc(-c3ccc(N)cc3)nc21. The first-order valence-electron chi connectivity index (χ1n) is 12.3. The van der Waals surface area contributed by atoms with Crippen molar-refractivity contribution in [3.05, 3.63) is 48.0 Å². The van der Waals surface area contributed by atoms with Gasteiger partial charge in [-0.1, -0.05) is 0 Å². The number of aromatic nitrogens is 6. The van der Waals surface area contributed by atoms with Gasteiger partial charge in [-0.25, -0.2) is 30.4 Å². The Balaban J connectivity index is 1.59. The van der Waals surface area contributed by atoms with Gasteiger partial charge in [-0.3, -0.25) is 10.0 Å². The number of nitrogens with two attached hydrogens (primary N) is 1. The molecule has 1 aliphatic rings. The van der Waals surface area contributed by atoms with Crippen LogP contribution < -0.4 is 21.0 Å². The first-order valence-corrected chi connectivity index (χ1v) is 12.3. The van der Waals surface area contributed by atoms with Crippen LogP contribution in [0.1, 0.15) is 36.1 Å². The minimum Gasteiger partial charge on any atom is -0.399 e. The van der Waals surface area contributed by atoms with E-state index < -0.39 is 5.91 Å². The Morgan fingerprint density at radius 2 is 1.82 bits per heavy atom. The van der Waals surface area contributed by atoms with E-state index in [2.05, 4.69) is 33.3 Å². The standard InChI is InChI=1S/C25H30N10O3/c1-15(2)35-19(14-33(3)25-27-12-17(13-28-25)24(36)32-37)29-20-22(34-8-10-38-11-9-34)30-21(31-23(20)35)16-4-6-18(26)7-5-16/h4-7,12-13,15,37H,8-11,14,26H2,1-3H3,(H,32,36). The fourth-order valence-corrected chi connectivity index (χ4v) is 4.40. The predicted molar refractivity (Wildman–Crippen MR) is 142 cm³/mol. The maximum Gasteiger partial charge on any atom is 0.277 e. The first kappa shape index (κ1) is 25.3. The van der Waals surface area contributed by atoms with Crippen molar-refractivity contribution in [2.75, 3.05) is 48.9 Å². The molecule has 5 rings (SSSR count). The summed E-state index contributed by atoms with van der Waals surface area (Å²) in [7, 11) is 1.85. The molecule has 0 aliphatic carbocycles. The third kappa shape index (κ3) is 4.93. The molecule has 0 atom stereocenters. The Morgan fingerprint density at radius 3 is 2.45 bits per heavy atom. The molecule has 38 heavy (non-hydrogen) atoms. The molecule has 1 fully saturated rings. The molecule has 4 heterocycles. The highest BCUT2D eigenvalue weighted by Crippen LogP contribution is 2.31. The summed E-state index contributed by atoms with van der Waals surface area (Å²) in [6.45, 7) is 7.21. The van der Waals surface area contributed by atoms with Crippen LogP contribution in [0.4, 0.5) is 17.5 Å². The quantitative estimate of drug-likeness (QED) is 0.186. The van der Waals surface area contributed by atoms with Gasteiger partial charge >= 0.3 is 0 Å². The largest absolute Gasteiger partial charge is 0.399 e. The van der Waals surface area contributed by atoms with Crippen molar-refractivity contribution in [1.82, 2.24) is 35.0 Å². The normalized spacial score (nSPS) is 13.8. The number of hydrogen-bond donors (Lipinski definition) is 3. The summed E-state index contributed by atoms with van der Waals surface area (Å²) in [5.41, 5.74) is 10.6. The van der Waals surface area contributed by atoms with Crippen LogP contribution in [0.2, 0.25) is 0 Å². The fourth-order valence-electron chi connectivity index (χ4n) is 4.40. The molecular weight excluding hydrogens is 488 g/mol. The number of hydrogen-bond acceptors (Lipinski definition) is 11. The summed E-state index contributed by atoms with van der Waals surface area (Å²) in [4.78, 5) is 39.1. The molecule has 1 aromatic carbocycles. The van der Waals surface area contributed by atoms with E-state index in [0.717, 1.165) is 28.4 Å². The molecular formula is C25H30N10O3. The third-order valence-corrected chi connectivity index (χ3v) is 6.31. The van der Waals surface area contributed by atoms with Gasteiger partial charge in [0, 0.05) is 49.8 Å². The summed E-state index contributed by atoms with van der Waals surface area (Å²) in [5, 5.41) is 8.83. The van der Waals surface area contributed by atoms with Gasteiger partial charge in [-0.2, -0.15) is 0 Å². The van der Waals surface area contributed by atoms with Crippen molar-refractivity contribution in [3.63, 3.8) is 0 Å². The van der Waals surface area contributed by atoms with Gasteiger partial charge in [-0.15, -0.1) is 0 Å². The molecule has 0 saturated carbocycles. The highest BCUT2D eigenvalue weighted by molar-refractivity contribution is 5.92. The van der Waals surface area contributed by atoms with Gasteiger partial charge in [0.1, 0.15) is 5.82 Å². The lowest BCUT2D eigenvalue weighted by Crippen LogP contribution is -2.37. The second-order valence-electron chi connectivity index (χ2n) is 9.32. The highest BCUT2D eigenvalue weighted by atomic mass is 16.5. The zero-order valence-corrected chi connectivity index (χ0v) is 21.5. The van der Waals surface area contributed by atoms with Gasteiger partial charge in [0.2, 0.25) is 5.95 Å². The number of imidazole rings is 1. The Bertz CT molecular complexity index is 1430. The number of morpholine rings is 1. The molecule has 198 valence electrons. The second-order valence-corrected chi connectivity index (χ2v) is 9.32. The lowest BCUT2D eigenvalue weighted by atomic mass is 10.2. The molecule has 0 bridgehead atoms. The van der Waals surface area contributed by atoms with E-state index in [1.807, 2.05) is 36.2 Å². The van der Waals surface area contributed by atoms with E-state index in [-0.39, 0.29) is 11.6 Å². The molecule has 0 radical (unpaired) electrons. The van der Waals surface area contributed by atoms with E-state index >= 15 is 0 Å². The smallest absolute Gasteiger partial charge is 0.277 e. The summed E-state index contributed by atoms with van der Waals surface area (Å²) in [6, 6.07) is 7.58. The number of fused-ring (bicyclic) bond motifs is 1. The van der Waals surface area contributed by atoms with Crippen LogP contribution in [0.3, 0.4) is 0 Å². The Hall–Kier alpha value is -4.36. The average molecular weight is 519 g/mol. The summed E-state index contributed by atoms with van der Waals surface area (Å²) in [5.74, 6) is 1.87. The number of nitrogens with one attached hydrogen (secondary N) is 1. The third-order valence-electron chi connectivity index (χ3n) is 6.31. The van der Waals surface area contributed by atoms with Crippen LogP contribution in [0.15, 0.2) is 36.7 Å². The maximum absolute atomic E-state index is 11.6. The zero-order chi connectivity index (χ0) is 26.8. The van der Waals surface area contributed by atoms with Gasteiger partial charge in [0.15, 0.2) is 22.8 Å². The van der Waals surface area contributed by atoms with Crippen LogP contribution in [-0.4, -0.2) is 74.0 Å². The minimum atomic E-state index is -0.674. The number of benzene rings is 1. The first-order chi connectivity index (χ1) is 18.4. The van der Waals surface area contributed by atoms with Crippen LogP contribution >= 0.6 is 0 Å². The van der Waals surface area contributed by atoms with Gasteiger partial charge in [0.25, 0.3) is 5.91 Å². The number of carbonyl (C=O) groups excluding carboxylic acids is 1. The minimum absolute atomic E-state index is 0.0617. The van der Waals surface area contributed by atoms with Crippen LogP contribution in [0.5, 0.6) is 0 Å². The van der Waals surface area contributed by atoms with Crippen molar-refractivity contribution in [1.29, 1.82) is 0 Å². The van der Waals surface area contributed by atoms with Crippen molar-refractivity contribution < 1.29 is 14.7 Å². The number of anilines is 3. The van der Waals surface area contributed by atoms with Crippen molar-refractivity contribution in [3.8, 4) is 11.4 Å². The fraction of sp³-hybridized carbons (Fsp3) is 0.360. The van der Waals surface area contributed by atoms with Gasteiger partial charge < -0.3 is 24.8 Å². The number of rotatable bonds is 7. The predicted octanol–water partition coefficient (Wildman–Crippen LogP) is 2.04. The van der Waals surface area contributed by atoms with Gasteiger partial charge in [-0.05, 0) is 38.1 Å². The number of carbonyl (C=O) groups is 1. The molecule has 4 aromatic rings. The topological polar surface area (TPSA) is 160 Å². The molecule has 13 heteroatoms. The molecule has 0 unspecified atom stereocenters. The van der Waals surface area contributed by atoms with E-state index in [4.69, 9.17) is 30.6 Å². The molecule has 13 nitrogen and oxygen atoms in total. The van der Waals surface area contributed by atoms with E-state index in [1.54, 1.807) is 5.48 Å². The second kappa shape index (κ2) is 10.6.